The van der Waals surface area contributed by atoms with E-state index in [0.717, 1.165) is 22.3 Å². The number of rotatable bonds is 5. The Morgan fingerprint density at radius 3 is 2.43 bits per heavy atom. The second-order valence-corrected chi connectivity index (χ2v) is 5.56. The molecule has 0 unspecified atom stereocenters. The molecule has 3 aromatic rings. The summed E-state index contributed by atoms with van der Waals surface area (Å²) in [6.07, 6.45) is 1.86. The number of hydrogen-bond donors (Lipinski definition) is 0. The molecule has 0 fully saturated rings. The van der Waals surface area contributed by atoms with Gasteiger partial charge in [-0.25, -0.2) is 0 Å². The number of hydrazone groups is 1. The Morgan fingerprint density at radius 2 is 1.65 bits per heavy atom. The van der Waals surface area contributed by atoms with Crippen molar-refractivity contribution in [2.75, 3.05) is 14.1 Å². The summed E-state index contributed by atoms with van der Waals surface area (Å²) in [4.78, 5) is 0. The third-order valence-electron chi connectivity index (χ3n) is 3.59. The topological polar surface area (TPSA) is 24.8 Å². The summed E-state index contributed by atoms with van der Waals surface area (Å²) >= 11 is 0. The molecule has 0 aliphatic carbocycles. The molecule has 0 heterocycles. The number of nitrogens with zero attached hydrogens (tertiary/aromatic N) is 2. The van der Waals surface area contributed by atoms with Gasteiger partial charge in [0.2, 0.25) is 0 Å². The lowest BCUT2D eigenvalue weighted by Crippen LogP contribution is -2.04. The highest BCUT2D eigenvalue weighted by Gasteiger charge is 2.07. The summed E-state index contributed by atoms with van der Waals surface area (Å²) in [5, 5.41) is 8.49. The minimum absolute atomic E-state index is 0.544. The zero-order valence-electron chi connectivity index (χ0n) is 13.4. The van der Waals surface area contributed by atoms with Crippen LogP contribution in [0.15, 0.2) is 71.8 Å². The molecule has 0 aliphatic heterocycles. The first-order valence-corrected chi connectivity index (χ1v) is 7.64. The normalized spacial score (nSPS) is 11.0. The van der Waals surface area contributed by atoms with E-state index in [1.165, 1.54) is 5.39 Å². The molecule has 0 N–H and O–H groups in total. The van der Waals surface area contributed by atoms with Gasteiger partial charge in [-0.3, -0.25) is 0 Å². The molecule has 3 rings (SSSR count). The largest absolute Gasteiger partial charge is 0.488 e. The second-order valence-electron chi connectivity index (χ2n) is 5.56. The SMILES string of the molecule is CN(C)N=Cc1c(OCc2ccccc2)ccc2ccccc12. The first-order valence-electron chi connectivity index (χ1n) is 7.64. The molecule has 0 saturated heterocycles. The Hall–Kier alpha value is -2.81. The third-order valence-corrected chi connectivity index (χ3v) is 3.59. The van der Waals surface area contributed by atoms with Gasteiger partial charge in [-0.15, -0.1) is 0 Å². The van der Waals surface area contributed by atoms with E-state index in [4.69, 9.17) is 4.74 Å². The van der Waals surface area contributed by atoms with Crippen molar-refractivity contribution in [2.24, 2.45) is 5.10 Å². The minimum Gasteiger partial charge on any atom is -0.488 e. The van der Waals surface area contributed by atoms with E-state index in [2.05, 4.69) is 35.4 Å². The van der Waals surface area contributed by atoms with E-state index >= 15 is 0 Å². The maximum absolute atomic E-state index is 6.05. The van der Waals surface area contributed by atoms with Crippen LogP contribution in [0.4, 0.5) is 0 Å². The molecular weight excluding hydrogens is 284 g/mol. The van der Waals surface area contributed by atoms with Crippen LogP contribution in [0.25, 0.3) is 10.8 Å². The molecule has 0 amide bonds. The summed E-state index contributed by atoms with van der Waals surface area (Å²) < 4.78 is 6.05. The van der Waals surface area contributed by atoms with Crippen LogP contribution in [0.2, 0.25) is 0 Å². The number of hydrogen-bond acceptors (Lipinski definition) is 3. The lowest BCUT2D eigenvalue weighted by atomic mass is 10.0. The molecule has 3 nitrogen and oxygen atoms in total. The van der Waals surface area contributed by atoms with Gasteiger partial charge in [-0.1, -0.05) is 60.7 Å². The molecule has 0 aliphatic rings. The van der Waals surface area contributed by atoms with E-state index in [0.29, 0.717) is 6.61 Å². The van der Waals surface area contributed by atoms with Crippen molar-refractivity contribution >= 4 is 17.0 Å². The van der Waals surface area contributed by atoms with Gasteiger partial charge in [0.05, 0.1) is 6.21 Å². The number of benzene rings is 3. The Labute approximate surface area is 136 Å². The van der Waals surface area contributed by atoms with Gasteiger partial charge in [0, 0.05) is 19.7 Å². The van der Waals surface area contributed by atoms with Gasteiger partial charge in [-0.05, 0) is 22.4 Å². The van der Waals surface area contributed by atoms with Crippen LogP contribution in [-0.4, -0.2) is 25.3 Å². The quantitative estimate of drug-likeness (QED) is 0.518. The molecule has 0 aromatic heterocycles. The average molecular weight is 304 g/mol. The van der Waals surface area contributed by atoms with Gasteiger partial charge in [0.15, 0.2) is 0 Å². The lowest BCUT2D eigenvalue weighted by Gasteiger charge is -2.12. The Kier molecular flexibility index (Phi) is 4.57. The summed E-state index contributed by atoms with van der Waals surface area (Å²) in [7, 11) is 3.82. The molecule has 116 valence electrons. The van der Waals surface area contributed by atoms with E-state index in [-0.39, 0.29) is 0 Å². The zero-order chi connectivity index (χ0) is 16.1. The molecule has 0 spiro atoms. The Morgan fingerprint density at radius 1 is 0.913 bits per heavy atom. The molecule has 23 heavy (non-hydrogen) atoms. The third kappa shape index (κ3) is 3.69. The van der Waals surface area contributed by atoms with Gasteiger partial charge in [-0.2, -0.15) is 5.10 Å². The van der Waals surface area contributed by atoms with Crippen molar-refractivity contribution in [1.82, 2.24) is 5.01 Å². The maximum atomic E-state index is 6.05. The predicted molar refractivity (Wildman–Crippen MR) is 96.0 cm³/mol. The van der Waals surface area contributed by atoms with Crippen molar-refractivity contribution < 1.29 is 4.74 Å². The van der Waals surface area contributed by atoms with Crippen LogP contribution in [0, 0.1) is 0 Å². The lowest BCUT2D eigenvalue weighted by molar-refractivity contribution is 0.306. The van der Waals surface area contributed by atoms with Gasteiger partial charge < -0.3 is 9.75 Å². The van der Waals surface area contributed by atoms with E-state index in [1.54, 1.807) is 5.01 Å². The average Bonchev–Trinajstić information content (AvgIpc) is 2.59. The van der Waals surface area contributed by atoms with Gasteiger partial charge in [0.25, 0.3) is 0 Å². The van der Waals surface area contributed by atoms with Crippen molar-refractivity contribution in [3.63, 3.8) is 0 Å². The number of fused-ring (bicyclic) bond motifs is 1. The first kappa shape index (κ1) is 15.1. The molecule has 0 saturated carbocycles. The van der Waals surface area contributed by atoms with Gasteiger partial charge in [0.1, 0.15) is 12.4 Å². The second kappa shape index (κ2) is 6.97. The van der Waals surface area contributed by atoms with E-state index in [9.17, 15) is 0 Å². The fraction of sp³-hybridized carbons (Fsp3) is 0.150. The minimum atomic E-state index is 0.544. The fourth-order valence-corrected chi connectivity index (χ4v) is 2.44. The first-order chi connectivity index (χ1) is 11.2. The molecule has 3 heteroatoms. The van der Waals surface area contributed by atoms with E-state index in [1.807, 2.05) is 56.7 Å². The van der Waals surface area contributed by atoms with Crippen molar-refractivity contribution in [1.29, 1.82) is 0 Å². The summed E-state index contributed by atoms with van der Waals surface area (Å²) in [5.41, 5.74) is 2.16. The summed E-state index contributed by atoms with van der Waals surface area (Å²) in [6.45, 7) is 0.544. The van der Waals surface area contributed by atoms with Crippen LogP contribution in [0.1, 0.15) is 11.1 Å². The predicted octanol–water partition coefficient (Wildman–Crippen LogP) is 4.31. The highest BCUT2D eigenvalue weighted by Crippen LogP contribution is 2.27. The Bertz CT molecular complexity index is 810. The van der Waals surface area contributed by atoms with Crippen LogP contribution in [0.5, 0.6) is 5.75 Å². The maximum Gasteiger partial charge on any atom is 0.129 e. The smallest absolute Gasteiger partial charge is 0.129 e. The number of ether oxygens (including phenoxy) is 1. The monoisotopic (exact) mass is 304 g/mol. The molecule has 0 radical (unpaired) electrons. The van der Waals surface area contributed by atoms with Crippen LogP contribution in [-0.2, 0) is 6.61 Å². The van der Waals surface area contributed by atoms with Crippen molar-refractivity contribution in [2.45, 2.75) is 6.61 Å². The molecule has 0 bridgehead atoms. The molecular formula is C20H20N2O. The highest BCUT2D eigenvalue weighted by molar-refractivity contribution is 6.02. The van der Waals surface area contributed by atoms with Crippen LogP contribution in [0.3, 0.4) is 0 Å². The summed E-state index contributed by atoms with van der Waals surface area (Å²) in [6, 6.07) is 22.6. The fourth-order valence-electron chi connectivity index (χ4n) is 2.44. The standard InChI is InChI=1S/C20H20N2O/c1-22(2)21-14-19-18-11-7-6-10-17(18)12-13-20(19)23-15-16-8-4-3-5-9-16/h3-14H,15H2,1-2H3. The zero-order valence-corrected chi connectivity index (χ0v) is 13.4. The Balaban J connectivity index is 1.96. The molecule has 3 aromatic carbocycles. The van der Waals surface area contributed by atoms with E-state index < -0.39 is 0 Å². The molecule has 0 atom stereocenters. The van der Waals surface area contributed by atoms with Crippen LogP contribution >= 0.6 is 0 Å². The van der Waals surface area contributed by atoms with Crippen molar-refractivity contribution in [3.05, 3.63) is 77.9 Å². The highest BCUT2D eigenvalue weighted by atomic mass is 16.5. The summed E-state index contributed by atoms with van der Waals surface area (Å²) in [5.74, 6) is 0.846. The van der Waals surface area contributed by atoms with Crippen molar-refractivity contribution in [3.8, 4) is 5.75 Å². The van der Waals surface area contributed by atoms with Crippen LogP contribution < -0.4 is 4.74 Å². The van der Waals surface area contributed by atoms with Gasteiger partial charge >= 0.3 is 0 Å².